The SMILES string of the molecule is CCC(=O)Nc1ccc(OC2CCCCC2O)cc1. The van der Waals surface area contributed by atoms with Crippen molar-refractivity contribution in [1.29, 1.82) is 0 Å². The highest BCUT2D eigenvalue weighted by Crippen LogP contribution is 2.24. The molecule has 0 spiro atoms. The molecule has 1 fully saturated rings. The van der Waals surface area contributed by atoms with Crippen molar-refractivity contribution in [3.05, 3.63) is 24.3 Å². The minimum absolute atomic E-state index is 0.00336. The number of aliphatic hydroxyl groups excluding tert-OH is 1. The Bertz CT molecular complexity index is 416. The minimum Gasteiger partial charge on any atom is -0.488 e. The van der Waals surface area contributed by atoms with Gasteiger partial charge in [0.25, 0.3) is 0 Å². The van der Waals surface area contributed by atoms with Crippen molar-refractivity contribution in [3.63, 3.8) is 0 Å². The second kappa shape index (κ2) is 6.57. The maximum Gasteiger partial charge on any atom is 0.224 e. The van der Waals surface area contributed by atoms with Crippen LogP contribution in [0.3, 0.4) is 0 Å². The lowest BCUT2D eigenvalue weighted by atomic mass is 9.95. The summed E-state index contributed by atoms with van der Waals surface area (Å²) in [6, 6.07) is 7.29. The Morgan fingerprint density at radius 3 is 2.63 bits per heavy atom. The fourth-order valence-corrected chi connectivity index (χ4v) is 2.26. The van der Waals surface area contributed by atoms with Crippen LogP contribution in [0, 0.1) is 0 Å². The molecule has 0 aromatic heterocycles. The maximum absolute atomic E-state index is 11.3. The summed E-state index contributed by atoms with van der Waals surface area (Å²) in [4.78, 5) is 11.3. The molecule has 2 unspecified atom stereocenters. The van der Waals surface area contributed by atoms with Crippen molar-refractivity contribution in [2.45, 2.75) is 51.2 Å². The summed E-state index contributed by atoms with van der Waals surface area (Å²) in [6.07, 6.45) is 3.88. The molecule has 4 nitrogen and oxygen atoms in total. The highest BCUT2D eigenvalue weighted by molar-refractivity contribution is 5.90. The van der Waals surface area contributed by atoms with E-state index in [2.05, 4.69) is 5.32 Å². The molecule has 1 saturated carbocycles. The van der Waals surface area contributed by atoms with Crippen LogP contribution in [-0.2, 0) is 4.79 Å². The lowest BCUT2D eigenvalue weighted by Gasteiger charge is -2.28. The van der Waals surface area contributed by atoms with Crippen LogP contribution in [0.25, 0.3) is 0 Å². The van der Waals surface area contributed by atoms with Crippen molar-refractivity contribution < 1.29 is 14.6 Å². The molecule has 1 amide bonds. The lowest BCUT2D eigenvalue weighted by molar-refractivity contribution is -0.115. The summed E-state index contributed by atoms with van der Waals surface area (Å²) >= 11 is 0. The number of aliphatic hydroxyl groups is 1. The largest absolute Gasteiger partial charge is 0.488 e. The van der Waals surface area contributed by atoms with Gasteiger partial charge in [-0.15, -0.1) is 0 Å². The van der Waals surface area contributed by atoms with Crippen LogP contribution in [0.2, 0.25) is 0 Å². The summed E-state index contributed by atoms with van der Waals surface area (Å²) in [6.45, 7) is 1.82. The highest BCUT2D eigenvalue weighted by atomic mass is 16.5. The number of rotatable bonds is 4. The van der Waals surface area contributed by atoms with E-state index in [1.165, 1.54) is 0 Å². The van der Waals surface area contributed by atoms with Gasteiger partial charge in [0.2, 0.25) is 5.91 Å². The molecule has 1 aromatic rings. The number of carbonyl (C=O) groups excluding carboxylic acids is 1. The first-order valence-corrected chi connectivity index (χ1v) is 6.93. The highest BCUT2D eigenvalue weighted by Gasteiger charge is 2.24. The molecule has 0 bridgehead atoms. The number of amides is 1. The molecule has 1 aromatic carbocycles. The fraction of sp³-hybridized carbons (Fsp3) is 0.533. The molecule has 0 saturated heterocycles. The van der Waals surface area contributed by atoms with E-state index in [0.717, 1.165) is 37.1 Å². The number of anilines is 1. The van der Waals surface area contributed by atoms with Gasteiger partial charge in [0.05, 0.1) is 6.10 Å². The van der Waals surface area contributed by atoms with E-state index in [1.54, 1.807) is 0 Å². The Morgan fingerprint density at radius 2 is 2.00 bits per heavy atom. The van der Waals surface area contributed by atoms with Crippen molar-refractivity contribution in [3.8, 4) is 5.75 Å². The first kappa shape index (κ1) is 13.9. The Balaban J connectivity index is 1.92. The number of nitrogens with one attached hydrogen (secondary N) is 1. The standard InChI is InChI=1S/C15H21NO3/c1-2-15(18)16-11-7-9-12(10-8-11)19-14-6-4-3-5-13(14)17/h7-10,13-14,17H,2-6H2,1H3,(H,16,18). The van der Waals surface area contributed by atoms with Crippen molar-refractivity contribution in [1.82, 2.24) is 0 Å². The van der Waals surface area contributed by atoms with Crippen molar-refractivity contribution >= 4 is 11.6 Å². The molecular weight excluding hydrogens is 242 g/mol. The predicted molar refractivity (Wildman–Crippen MR) is 74.3 cm³/mol. The monoisotopic (exact) mass is 263 g/mol. The Kier molecular flexibility index (Phi) is 4.80. The molecule has 1 aliphatic carbocycles. The van der Waals surface area contributed by atoms with Gasteiger partial charge in [-0.2, -0.15) is 0 Å². The topological polar surface area (TPSA) is 58.6 Å². The minimum atomic E-state index is -0.367. The summed E-state index contributed by atoms with van der Waals surface area (Å²) in [5.41, 5.74) is 0.767. The first-order chi connectivity index (χ1) is 9.19. The van der Waals surface area contributed by atoms with Gasteiger partial charge in [0, 0.05) is 12.1 Å². The predicted octanol–water partition coefficient (Wildman–Crippen LogP) is 2.72. The average molecular weight is 263 g/mol. The Labute approximate surface area is 113 Å². The molecule has 0 aliphatic heterocycles. The van der Waals surface area contributed by atoms with E-state index in [1.807, 2.05) is 31.2 Å². The number of hydrogen-bond donors (Lipinski definition) is 2. The third kappa shape index (κ3) is 3.96. The van der Waals surface area contributed by atoms with E-state index in [-0.39, 0.29) is 18.1 Å². The van der Waals surface area contributed by atoms with Crippen LogP contribution >= 0.6 is 0 Å². The van der Waals surface area contributed by atoms with Crippen LogP contribution in [-0.4, -0.2) is 23.2 Å². The van der Waals surface area contributed by atoms with Crippen LogP contribution in [0.5, 0.6) is 5.75 Å². The van der Waals surface area contributed by atoms with Gasteiger partial charge in [0.1, 0.15) is 11.9 Å². The molecular formula is C15H21NO3. The zero-order valence-corrected chi connectivity index (χ0v) is 11.3. The van der Waals surface area contributed by atoms with Gasteiger partial charge in [0.15, 0.2) is 0 Å². The number of carbonyl (C=O) groups is 1. The summed E-state index contributed by atoms with van der Waals surface area (Å²) in [5.74, 6) is 0.733. The van der Waals surface area contributed by atoms with Gasteiger partial charge in [-0.05, 0) is 43.5 Å². The smallest absolute Gasteiger partial charge is 0.224 e. The molecule has 0 radical (unpaired) electrons. The van der Waals surface area contributed by atoms with E-state index in [0.29, 0.717) is 6.42 Å². The zero-order valence-electron chi connectivity index (χ0n) is 11.3. The van der Waals surface area contributed by atoms with Crippen LogP contribution < -0.4 is 10.1 Å². The first-order valence-electron chi connectivity index (χ1n) is 6.93. The summed E-state index contributed by atoms with van der Waals surface area (Å²) in [7, 11) is 0. The van der Waals surface area contributed by atoms with Gasteiger partial charge >= 0.3 is 0 Å². The van der Waals surface area contributed by atoms with Crippen LogP contribution in [0.15, 0.2) is 24.3 Å². The molecule has 1 aliphatic rings. The molecule has 19 heavy (non-hydrogen) atoms. The molecule has 2 atom stereocenters. The van der Waals surface area contributed by atoms with Gasteiger partial charge in [-0.25, -0.2) is 0 Å². The molecule has 2 N–H and O–H groups in total. The third-order valence-electron chi connectivity index (χ3n) is 3.41. The average Bonchev–Trinajstić information content (AvgIpc) is 2.43. The van der Waals surface area contributed by atoms with Crippen LogP contribution in [0.1, 0.15) is 39.0 Å². The van der Waals surface area contributed by atoms with E-state index >= 15 is 0 Å². The van der Waals surface area contributed by atoms with Crippen LogP contribution in [0.4, 0.5) is 5.69 Å². The fourth-order valence-electron chi connectivity index (χ4n) is 2.26. The van der Waals surface area contributed by atoms with E-state index in [9.17, 15) is 9.90 Å². The number of ether oxygens (including phenoxy) is 1. The molecule has 0 heterocycles. The molecule has 2 rings (SSSR count). The van der Waals surface area contributed by atoms with E-state index < -0.39 is 0 Å². The van der Waals surface area contributed by atoms with Gasteiger partial charge < -0.3 is 15.2 Å². The molecule has 104 valence electrons. The molecule has 4 heteroatoms. The normalized spacial score (nSPS) is 22.8. The Hall–Kier alpha value is -1.55. The lowest BCUT2D eigenvalue weighted by Crippen LogP contribution is -2.34. The van der Waals surface area contributed by atoms with Gasteiger partial charge in [-0.3, -0.25) is 4.79 Å². The van der Waals surface area contributed by atoms with E-state index in [4.69, 9.17) is 4.74 Å². The Morgan fingerprint density at radius 1 is 1.32 bits per heavy atom. The summed E-state index contributed by atoms with van der Waals surface area (Å²) in [5, 5.41) is 12.6. The quantitative estimate of drug-likeness (QED) is 0.878. The third-order valence-corrected chi connectivity index (χ3v) is 3.41. The zero-order chi connectivity index (χ0) is 13.7. The second-order valence-corrected chi connectivity index (χ2v) is 4.93. The van der Waals surface area contributed by atoms with Crippen molar-refractivity contribution in [2.75, 3.05) is 5.32 Å². The second-order valence-electron chi connectivity index (χ2n) is 4.93. The summed E-state index contributed by atoms with van der Waals surface area (Å²) < 4.78 is 5.79. The number of hydrogen-bond acceptors (Lipinski definition) is 3. The van der Waals surface area contributed by atoms with Crippen molar-refractivity contribution in [2.24, 2.45) is 0 Å². The number of benzene rings is 1. The maximum atomic E-state index is 11.3. The van der Waals surface area contributed by atoms with Gasteiger partial charge in [-0.1, -0.05) is 13.3 Å².